The highest BCUT2D eigenvalue weighted by Gasteiger charge is 2.18. The largest absolute Gasteiger partial charge is 0.273 e. The highest BCUT2D eigenvalue weighted by Crippen LogP contribution is 2.24. The number of hydrogen-bond acceptors (Lipinski definition) is 3. The monoisotopic (exact) mass is 254 g/mol. The summed E-state index contributed by atoms with van der Waals surface area (Å²) in [7, 11) is 0. The predicted molar refractivity (Wildman–Crippen MR) is 72.6 cm³/mol. The number of aryl methyl sites for hydroxylation is 2. The first-order valence-electron chi connectivity index (χ1n) is 6.11. The molecule has 0 aliphatic rings. The summed E-state index contributed by atoms with van der Waals surface area (Å²) >= 11 is 0. The summed E-state index contributed by atoms with van der Waals surface area (Å²) < 4.78 is 3.20. The third-order valence-electron chi connectivity index (χ3n) is 3.21. The predicted octanol–water partition coefficient (Wildman–Crippen LogP) is 2.50. The van der Waals surface area contributed by atoms with E-state index in [0.29, 0.717) is 0 Å². The molecule has 5 heteroatoms. The smallest absolute Gasteiger partial charge is 0.244 e. The summed E-state index contributed by atoms with van der Waals surface area (Å²) in [4.78, 5) is 11.6. The van der Waals surface area contributed by atoms with Crippen molar-refractivity contribution in [3.05, 3.63) is 41.7 Å². The first kappa shape index (κ1) is 11.6. The Hall–Kier alpha value is -2.43. The van der Waals surface area contributed by atoms with Crippen LogP contribution in [-0.2, 0) is 0 Å². The van der Waals surface area contributed by atoms with Gasteiger partial charge in [-0.15, -0.1) is 5.10 Å². The minimum atomic E-state index is -0.0901. The number of carbonyl (C=O) groups excluding carboxylic acids is 1. The second-order valence-electron chi connectivity index (χ2n) is 4.55. The van der Waals surface area contributed by atoms with Crippen molar-refractivity contribution in [3.63, 3.8) is 0 Å². The van der Waals surface area contributed by atoms with Crippen molar-refractivity contribution in [1.82, 2.24) is 19.6 Å². The van der Waals surface area contributed by atoms with Crippen LogP contribution in [0.3, 0.4) is 0 Å². The zero-order chi connectivity index (χ0) is 13.6. The van der Waals surface area contributed by atoms with E-state index in [9.17, 15) is 4.79 Å². The normalized spacial score (nSPS) is 11.1. The fourth-order valence-electron chi connectivity index (χ4n) is 2.36. The average Bonchev–Trinajstić information content (AvgIpc) is 2.90. The lowest BCUT2D eigenvalue weighted by Gasteiger charge is -2.01. The van der Waals surface area contributed by atoms with Gasteiger partial charge in [-0.3, -0.25) is 4.79 Å². The van der Waals surface area contributed by atoms with E-state index >= 15 is 0 Å². The Labute approximate surface area is 110 Å². The number of benzene rings is 1. The molecule has 0 aliphatic carbocycles. The summed E-state index contributed by atoms with van der Waals surface area (Å²) in [6.45, 7) is 5.33. The van der Waals surface area contributed by atoms with E-state index in [-0.39, 0.29) is 5.91 Å². The van der Waals surface area contributed by atoms with Crippen LogP contribution in [0.1, 0.15) is 23.1 Å². The molecule has 0 bridgehead atoms. The first-order chi connectivity index (χ1) is 9.09. The third kappa shape index (κ3) is 1.66. The maximum Gasteiger partial charge on any atom is 0.244 e. The molecule has 2 heterocycles. The van der Waals surface area contributed by atoms with Gasteiger partial charge in [-0.25, -0.2) is 9.36 Å². The number of rotatable bonds is 1. The third-order valence-corrected chi connectivity index (χ3v) is 3.21. The van der Waals surface area contributed by atoms with Crippen molar-refractivity contribution in [2.75, 3.05) is 0 Å². The van der Waals surface area contributed by atoms with E-state index in [4.69, 9.17) is 0 Å². The quantitative estimate of drug-likeness (QED) is 0.670. The van der Waals surface area contributed by atoms with Gasteiger partial charge in [0.05, 0.1) is 22.5 Å². The van der Waals surface area contributed by atoms with Gasteiger partial charge in [-0.1, -0.05) is 18.2 Å². The van der Waals surface area contributed by atoms with Gasteiger partial charge in [0.15, 0.2) is 5.65 Å². The van der Waals surface area contributed by atoms with Crippen LogP contribution in [0.4, 0.5) is 0 Å². The molecule has 1 aromatic carbocycles. The van der Waals surface area contributed by atoms with E-state index in [1.54, 1.807) is 4.68 Å². The topological polar surface area (TPSA) is 52.7 Å². The molecule has 0 saturated heterocycles. The highest BCUT2D eigenvalue weighted by molar-refractivity contribution is 5.88. The van der Waals surface area contributed by atoms with E-state index in [0.717, 1.165) is 28.1 Å². The van der Waals surface area contributed by atoms with Crippen LogP contribution in [-0.4, -0.2) is 25.5 Å². The molecule has 96 valence electrons. The molecule has 0 atom stereocenters. The number of nitrogens with zero attached hydrogens (tertiary/aromatic N) is 4. The second kappa shape index (κ2) is 4.05. The van der Waals surface area contributed by atoms with Crippen LogP contribution in [0.5, 0.6) is 0 Å². The average molecular weight is 254 g/mol. The Morgan fingerprint density at radius 1 is 1.11 bits per heavy atom. The molecular weight excluding hydrogens is 240 g/mol. The minimum Gasteiger partial charge on any atom is -0.273 e. The van der Waals surface area contributed by atoms with Crippen molar-refractivity contribution in [2.45, 2.75) is 20.8 Å². The van der Waals surface area contributed by atoms with Gasteiger partial charge in [0.1, 0.15) is 0 Å². The van der Waals surface area contributed by atoms with E-state index < -0.39 is 0 Å². The summed E-state index contributed by atoms with van der Waals surface area (Å²) in [5.74, 6) is -0.0901. The highest BCUT2D eigenvalue weighted by atomic mass is 16.2. The molecule has 0 radical (unpaired) electrons. The molecule has 0 saturated carbocycles. The summed E-state index contributed by atoms with van der Waals surface area (Å²) in [6.07, 6.45) is 0. The Bertz CT molecular complexity index is 768. The van der Waals surface area contributed by atoms with Crippen molar-refractivity contribution in [3.8, 4) is 5.69 Å². The molecule has 0 aliphatic heterocycles. The van der Waals surface area contributed by atoms with Gasteiger partial charge >= 0.3 is 0 Å². The molecular formula is C14H14N4O. The van der Waals surface area contributed by atoms with Crippen LogP contribution in [0, 0.1) is 13.8 Å². The number of carbonyl (C=O) groups is 1. The van der Waals surface area contributed by atoms with Crippen molar-refractivity contribution in [1.29, 1.82) is 0 Å². The molecule has 0 fully saturated rings. The minimum absolute atomic E-state index is 0.0901. The maximum absolute atomic E-state index is 11.6. The molecule has 2 aromatic heterocycles. The van der Waals surface area contributed by atoms with Crippen molar-refractivity contribution < 1.29 is 4.79 Å². The number of fused-ring (bicyclic) bond motifs is 1. The fraction of sp³-hybridized carbons (Fsp3) is 0.214. The first-order valence-corrected chi connectivity index (χ1v) is 6.11. The van der Waals surface area contributed by atoms with E-state index in [1.165, 1.54) is 11.6 Å². The van der Waals surface area contributed by atoms with Crippen molar-refractivity contribution >= 4 is 16.9 Å². The van der Waals surface area contributed by atoms with Crippen LogP contribution in [0.2, 0.25) is 0 Å². The van der Waals surface area contributed by atoms with Gasteiger partial charge in [-0.05, 0) is 26.0 Å². The lowest BCUT2D eigenvalue weighted by molar-refractivity contribution is 0.0919. The molecule has 0 amide bonds. The molecule has 5 nitrogen and oxygen atoms in total. The van der Waals surface area contributed by atoms with Gasteiger partial charge in [0, 0.05) is 6.92 Å². The zero-order valence-electron chi connectivity index (χ0n) is 11.1. The molecule has 19 heavy (non-hydrogen) atoms. The van der Waals surface area contributed by atoms with Crippen LogP contribution in [0.15, 0.2) is 30.3 Å². The molecule has 0 N–H and O–H groups in total. The van der Waals surface area contributed by atoms with Gasteiger partial charge in [0.2, 0.25) is 5.91 Å². The summed E-state index contributed by atoms with van der Waals surface area (Å²) in [5, 5.41) is 9.83. The maximum atomic E-state index is 11.6. The van der Waals surface area contributed by atoms with Gasteiger partial charge in [0.25, 0.3) is 0 Å². The SMILES string of the molecule is CC(=O)n1nc2c(c(C)nn2-c2ccccc2)c1C. The number of aromatic nitrogens is 4. The number of para-hydroxylation sites is 1. The van der Waals surface area contributed by atoms with Crippen LogP contribution >= 0.6 is 0 Å². The summed E-state index contributed by atoms with van der Waals surface area (Å²) in [6, 6.07) is 9.79. The molecule has 3 rings (SSSR count). The fourth-order valence-corrected chi connectivity index (χ4v) is 2.36. The molecule has 0 spiro atoms. The second-order valence-corrected chi connectivity index (χ2v) is 4.55. The zero-order valence-corrected chi connectivity index (χ0v) is 11.1. The Morgan fingerprint density at radius 3 is 2.42 bits per heavy atom. The Balaban J connectivity index is 2.34. The Morgan fingerprint density at radius 2 is 1.79 bits per heavy atom. The van der Waals surface area contributed by atoms with Crippen LogP contribution < -0.4 is 0 Å². The number of hydrogen-bond donors (Lipinski definition) is 0. The Kier molecular flexibility index (Phi) is 2.48. The molecule has 0 unspecified atom stereocenters. The van der Waals surface area contributed by atoms with Crippen molar-refractivity contribution in [2.24, 2.45) is 0 Å². The summed E-state index contributed by atoms with van der Waals surface area (Å²) in [5.41, 5.74) is 3.37. The lowest BCUT2D eigenvalue weighted by atomic mass is 10.2. The lowest BCUT2D eigenvalue weighted by Crippen LogP contribution is -2.10. The van der Waals surface area contributed by atoms with Gasteiger partial charge < -0.3 is 0 Å². The van der Waals surface area contributed by atoms with Gasteiger partial charge in [-0.2, -0.15) is 5.10 Å². The molecule has 3 aromatic rings. The van der Waals surface area contributed by atoms with Crippen LogP contribution in [0.25, 0.3) is 16.7 Å². The van der Waals surface area contributed by atoms with E-state index in [1.807, 2.05) is 44.2 Å². The standard InChI is InChI=1S/C14H14N4O/c1-9-13-10(2)17(11(3)19)16-14(13)18(15-9)12-7-5-4-6-8-12/h4-8H,1-3H3. The van der Waals surface area contributed by atoms with E-state index in [2.05, 4.69) is 10.2 Å².